The lowest BCUT2D eigenvalue weighted by Crippen LogP contribution is -1.97. The summed E-state index contributed by atoms with van der Waals surface area (Å²) in [6, 6.07) is 4.32. The van der Waals surface area contributed by atoms with Crippen LogP contribution in [0.15, 0.2) is 24.5 Å². The first-order valence-corrected chi connectivity index (χ1v) is 4.23. The molecule has 15 heavy (non-hydrogen) atoms. The second kappa shape index (κ2) is 3.62. The van der Waals surface area contributed by atoms with Crippen LogP contribution in [0.25, 0.3) is 5.69 Å². The number of halogens is 1. The smallest absolute Gasteiger partial charge is 0.258 e. The Morgan fingerprint density at radius 2 is 2.27 bits per heavy atom. The highest BCUT2D eigenvalue weighted by Gasteiger charge is 2.13. The molecular weight excluding hydrogens is 222 g/mol. The van der Waals surface area contributed by atoms with Crippen LogP contribution in [0.4, 0.5) is 5.69 Å². The van der Waals surface area contributed by atoms with Crippen molar-refractivity contribution in [2.75, 3.05) is 0 Å². The summed E-state index contributed by atoms with van der Waals surface area (Å²) in [5.74, 6) is 0. The Morgan fingerprint density at radius 1 is 1.47 bits per heavy atom. The van der Waals surface area contributed by atoms with Gasteiger partial charge < -0.3 is 0 Å². The summed E-state index contributed by atoms with van der Waals surface area (Å²) < 4.78 is 1.31. The lowest BCUT2D eigenvalue weighted by atomic mass is 10.3. The van der Waals surface area contributed by atoms with Crippen LogP contribution in [-0.4, -0.2) is 25.1 Å². The molecule has 1 aromatic carbocycles. The lowest BCUT2D eigenvalue weighted by molar-refractivity contribution is -0.384. The largest absolute Gasteiger partial charge is 0.290 e. The number of nitro benzene ring substituents is 1. The molecule has 7 nitrogen and oxygen atoms in total. The van der Waals surface area contributed by atoms with Gasteiger partial charge in [0.05, 0.1) is 10.6 Å². The highest BCUT2D eigenvalue weighted by atomic mass is 35.5. The second-order valence-corrected chi connectivity index (χ2v) is 3.05. The van der Waals surface area contributed by atoms with Gasteiger partial charge in [0.1, 0.15) is 11.3 Å². The molecule has 0 fully saturated rings. The fraction of sp³-hybridized carbons (Fsp3) is 0. The van der Waals surface area contributed by atoms with E-state index in [0.717, 1.165) is 0 Å². The van der Waals surface area contributed by atoms with Crippen molar-refractivity contribution in [2.45, 2.75) is 0 Å². The van der Waals surface area contributed by atoms with Gasteiger partial charge in [-0.2, -0.15) is 0 Å². The maximum atomic E-state index is 10.6. The van der Waals surface area contributed by atoms with Crippen molar-refractivity contribution in [1.82, 2.24) is 20.2 Å². The van der Waals surface area contributed by atoms with Crippen LogP contribution in [0.3, 0.4) is 0 Å². The highest BCUT2D eigenvalue weighted by molar-refractivity contribution is 6.32. The average Bonchev–Trinajstić information content (AvgIpc) is 2.71. The van der Waals surface area contributed by atoms with E-state index in [1.807, 2.05) is 0 Å². The quantitative estimate of drug-likeness (QED) is 0.567. The average molecular weight is 226 g/mol. The van der Waals surface area contributed by atoms with Crippen molar-refractivity contribution >= 4 is 17.3 Å². The third-order valence-corrected chi connectivity index (χ3v) is 2.06. The first kappa shape index (κ1) is 9.53. The molecule has 0 N–H and O–H groups in total. The summed E-state index contributed by atoms with van der Waals surface area (Å²) in [5.41, 5.74) is 0.306. The molecule has 0 aliphatic carbocycles. The van der Waals surface area contributed by atoms with Crippen LogP contribution in [0.5, 0.6) is 0 Å². The molecule has 2 rings (SSSR count). The molecule has 0 aliphatic rings. The molecule has 0 saturated heterocycles. The highest BCUT2D eigenvalue weighted by Crippen LogP contribution is 2.26. The zero-order chi connectivity index (χ0) is 10.8. The van der Waals surface area contributed by atoms with E-state index in [4.69, 9.17) is 11.6 Å². The predicted octanol–water partition coefficient (Wildman–Crippen LogP) is 1.22. The Labute approximate surface area is 88.4 Å². The van der Waals surface area contributed by atoms with Gasteiger partial charge in [0.15, 0.2) is 0 Å². The van der Waals surface area contributed by atoms with E-state index in [-0.39, 0.29) is 10.7 Å². The van der Waals surface area contributed by atoms with Crippen molar-refractivity contribution in [2.24, 2.45) is 0 Å². The molecule has 1 aromatic heterocycles. The van der Waals surface area contributed by atoms with E-state index in [2.05, 4.69) is 15.5 Å². The molecule has 8 heteroatoms. The number of hydrogen-bond acceptors (Lipinski definition) is 5. The topological polar surface area (TPSA) is 86.7 Å². The summed E-state index contributed by atoms with van der Waals surface area (Å²) in [5, 5.41) is 21.1. The Morgan fingerprint density at radius 3 is 2.87 bits per heavy atom. The fourth-order valence-corrected chi connectivity index (χ4v) is 1.25. The van der Waals surface area contributed by atoms with E-state index >= 15 is 0 Å². The molecule has 0 unspecified atom stereocenters. The zero-order valence-electron chi connectivity index (χ0n) is 7.24. The third kappa shape index (κ3) is 1.77. The second-order valence-electron chi connectivity index (χ2n) is 2.65. The molecule has 0 amide bonds. The minimum Gasteiger partial charge on any atom is -0.258 e. The molecule has 0 atom stereocenters. The molecule has 0 spiro atoms. The zero-order valence-corrected chi connectivity index (χ0v) is 8.00. The van der Waals surface area contributed by atoms with Crippen molar-refractivity contribution in [1.29, 1.82) is 0 Å². The van der Waals surface area contributed by atoms with Crippen LogP contribution < -0.4 is 0 Å². The Hall–Kier alpha value is -2.02. The molecule has 2 aromatic rings. The molecule has 0 aliphatic heterocycles. The maximum absolute atomic E-state index is 10.6. The van der Waals surface area contributed by atoms with E-state index in [0.29, 0.717) is 5.69 Å². The third-order valence-electron chi connectivity index (χ3n) is 1.74. The van der Waals surface area contributed by atoms with Crippen molar-refractivity contribution < 1.29 is 4.92 Å². The number of hydrogen-bond donors (Lipinski definition) is 0. The maximum Gasteiger partial charge on any atom is 0.290 e. The van der Waals surface area contributed by atoms with Gasteiger partial charge in [-0.05, 0) is 22.6 Å². The number of benzene rings is 1. The monoisotopic (exact) mass is 225 g/mol. The number of nitrogens with zero attached hydrogens (tertiary/aromatic N) is 5. The van der Waals surface area contributed by atoms with E-state index < -0.39 is 4.92 Å². The van der Waals surface area contributed by atoms with Crippen LogP contribution in [-0.2, 0) is 0 Å². The summed E-state index contributed by atoms with van der Waals surface area (Å²) >= 11 is 5.65. The van der Waals surface area contributed by atoms with Crippen molar-refractivity contribution in [3.8, 4) is 5.69 Å². The van der Waals surface area contributed by atoms with Gasteiger partial charge in [0.25, 0.3) is 5.69 Å². The summed E-state index contributed by atoms with van der Waals surface area (Å²) in [4.78, 5) is 10.0. The molecule has 0 bridgehead atoms. The molecular formula is C7H4ClN5O2. The normalized spacial score (nSPS) is 10.2. The number of aromatic nitrogens is 4. The number of rotatable bonds is 2. The van der Waals surface area contributed by atoms with Gasteiger partial charge in [-0.3, -0.25) is 10.1 Å². The summed E-state index contributed by atoms with van der Waals surface area (Å²) in [6.07, 6.45) is 1.34. The van der Waals surface area contributed by atoms with Gasteiger partial charge in [-0.15, -0.1) is 5.10 Å². The van der Waals surface area contributed by atoms with Gasteiger partial charge >= 0.3 is 0 Å². The predicted molar refractivity (Wildman–Crippen MR) is 50.8 cm³/mol. The van der Waals surface area contributed by atoms with Gasteiger partial charge in [0, 0.05) is 6.07 Å². The number of nitro groups is 1. The molecule has 1 heterocycles. The first-order chi connectivity index (χ1) is 7.18. The van der Waals surface area contributed by atoms with Gasteiger partial charge in [-0.1, -0.05) is 11.6 Å². The van der Waals surface area contributed by atoms with Crippen LogP contribution in [0, 0.1) is 10.1 Å². The summed E-state index contributed by atoms with van der Waals surface area (Å²) in [6.45, 7) is 0. The van der Waals surface area contributed by atoms with Crippen LogP contribution in [0.1, 0.15) is 0 Å². The van der Waals surface area contributed by atoms with Crippen LogP contribution >= 0.6 is 11.6 Å². The Kier molecular flexibility index (Phi) is 2.30. The fourth-order valence-electron chi connectivity index (χ4n) is 1.06. The standard InChI is InChI=1S/C7H4ClN5O2/c8-6-2-1-5(3-7(6)13(14)15)12-4-9-10-11-12/h1-4H. The number of tetrazole rings is 1. The van der Waals surface area contributed by atoms with Crippen molar-refractivity contribution in [3.05, 3.63) is 39.7 Å². The Bertz CT molecular complexity index is 498. The minimum atomic E-state index is -0.559. The van der Waals surface area contributed by atoms with Crippen LogP contribution in [0.2, 0.25) is 5.02 Å². The van der Waals surface area contributed by atoms with E-state index in [1.54, 1.807) is 6.07 Å². The van der Waals surface area contributed by atoms with E-state index in [1.165, 1.54) is 23.1 Å². The molecule has 76 valence electrons. The minimum absolute atomic E-state index is 0.0804. The molecule has 0 saturated carbocycles. The lowest BCUT2D eigenvalue weighted by Gasteiger charge is -1.99. The van der Waals surface area contributed by atoms with Crippen molar-refractivity contribution in [3.63, 3.8) is 0 Å². The summed E-state index contributed by atoms with van der Waals surface area (Å²) in [7, 11) is 0. The Balaban J connectivity index is 2.52. The van der Waals surface area contributed by atoms with E-state index in [9.17, 15) is 10.1 Å². The molecule has 0 radical (unpaired) electrons. The van der Waals surface area contributed by atoms with Gasteiger partial charge in [-0.25, -0.2) is 4.68 Å². The van der Waals surface area contributed by atoms with Gasteiger partial charge in [0.2, 0.25) is 0 Å². The SMILES string of the molecule is O=[N+]([O-])c1cc(-n2cnnn2)ccc1Cl. The first-order valence-electron chi connectivity index (χ1n) is 3.86.